The first-order valence-electron chi connectivity index (χ1n) is 6.58. The summed E-state index contributed by atoms with van der Waals surface area (Å²) in [4.78, 5) is 4.70. The third-order valence-corrected chi connectivity index (χ3v) is 3.50. The summed E-state index contributed by atoms with van der Waals surface area (Å²) in [5.74, 6) is 1.60. The Kier molecular flexibility index (Phi) is 2.39. The van der Waals surface area contributed by atoms with Crippen LogP contribution in [0.15, 0.2) is 48.5 Å². The molecule has 0 saturated carbocycles. The maximum Gasteiger partial charge on any atom is 0.231 e. The second-order valence-electron chi connectivity index (χ2n) is 4.90. The standard InChI is InChI=1S/C17H13NO2/c1-11-7-13-8-15-16(20-10-19-15)9-14(13)17(18-11)12-5-3-2-4-6-12/h2-9H,10H2,1H3. The van der Waals surface area contributed by atoms with Crippen LogP contribution in [0, 0.1) is 6.92 Å². The van der Waals surface area contributed by atoms with Crippen molar-refractivity contribution in [1.29, 1.82) is 0 Å². The number of fused-ring (bicyclic) bond motifs is 2. The van der Waals surface area contributed by atoms with Crippen molar-refractivity contribution in [3.8, 4) is 22.8 Å². The zero-order valence-corrected chi connectivity index (χ0v) is 11.1. The number of pyridine rings is 1. The van der Waals surface area contributed by atoms with Gasteiger partial charge in [0.2, 0.25) is 6.79 Å². The molecule has 0 aliphatic carbocycles. The monoisotopic (exact) mass is 263 g/mol. The van der Waals surface area contributed by atoms with Gasteiger partial charge in [-0.2, -0.15) is 0 Å². The highest BCUT2D eigenvalue weighted by molar-refractivity contribution is 5.97. The molecule has 20 heavy (non-hydrogen) atoms. The van der Waals surface area contributed by atoms with Crippen LogP contribution in [0.1, 0.15) is 5.69 Å². The molecule has 3 heteroatoms. The van der Waals surface area contributed by atoms with Crippen LogP contribution in [0.3, 0.4) is 0 Å². The molecule has 0 radical (unpaired) electrons. The highest BCUT2D eigenvalue weighted by Crippen LogP contribution is 2.39. The van der Waals surface area contributed by atoms with Crippen LogP contribution in [0.2, 0.25) is 0 Å². The van der Waals surface area contributed by atoms with E-state index in [-0.39, 0.29) is 0 Å². The van der Waals surface area contributed by atoms with Crippen LogP contribution in [0.25, 0.3) is 22.0 Å². The van der Waals surface area contributed by atoms with Crippen LogP contribution < -0.4 is 9.47 Å². The molecule has 0 spiro atoms. The van der Waals surface area contributed by atoms with Gasteiger partial charge in [-0.05, 0) is 30.5 Å². The van der Waals surface area contributed by atoms with Crippen LogP contribution in [0.4, 0.5) is 0 Å². The predicted octanol–water partition coefficient (Wildman–Crippen LogP) is 3.94. The summed E-state index contributed by atoms with van der Waals surface area (Å²) in [7, 11) is 0. The summed E-state index contributed by atoms with van der Waals surface area (Å²) in [5.41, 5.74) is 3.09. The molecule has 0 amide bonds. The van der Waals surface area contributed by atoms with E-state index in [2.05, 4.69) is 18.2 Å². The van der Waals surface area contributed by atoms with Gasteiger partial charge in [0.15, 0.2) is 11.5 Å². The molecule has 1 aliphatic heterocycles. The Hall–Kier alpha value is -2.55. The van der Waals surface area contributed by atoms with Crippen molar-refractivity contribution in [3.05, 3.63) is 54.2 Å². The molecular weight excluding hydrogens is 250 g/mol. The quantitative estimate of drug-likeness (QED) is 0.666. The van der Waals surface area contributed by atoms with Crippen molar-refractivity contribution < 1.29 is 9.47 Å². The van der Waals surface area contributed by atoms with Crippen molar-refractivity contribution in [3.63, 3.8) is 0 Å². The van der Waals surface area contributed by atoms with E-state index in [4.69, 9.17) is 14.5 Å². The molecule has 0 atom stereocenters. The summed E-state index contributed by atoms with van der Waals surface area (Å²) in [6.45, 7) is 2.30. The van der Waals surface area contributed by atoms with Gasteiger partial charge < -0.3 is 9.47 Å². The first kappa shape index (κ1) is 11.3. The lowest BCUT2D eigenvalue weighted by Gasteiger charge is -2.09. The van der Waals surface area contributed by atoms with Gasteiger partial charge in [-0.15, -0.1) is 0 Å². The molecule has 1 aromatic heterocycles. The van der Waals surface area contributed by atoms with Crippen molar-refractivity contribution in [1.82, 2.24) is 4.98 Å². The second kappa shape index (κ2) is 4.23. The fourth-order valence-corrected chi connectivity index (χ4v) is 2.59. The third-order valence-electron chi connectivity index (χ3n) is 3.50. The van der Waals surface area contributed by atoms with E-state index >= 15 is 0 Å². The van der Waals surface area contributed by atoms with E-state index in [0.29, 0.717) is 6.79 Å². The van der Waals surface area contributed by atoms with Gasteiger partial charge in [0.1, 0.15) is 0 Å². The molecule has 0 bridgehead atoms. The van der Waals surface area contributed by atoms with Crippen molar-refractivity contribution in [2.45, 2.75) is 6.92 Å². The van der Waals surface area contributed by atoms with E-state index in [0.717, 1.165) is 39.2 Å². The molecule has 98 valence electrons. The van der Waals surface area contributed by atoms with E-state index in [1.807, 2.05) is 37.3 Å². The summed E-state index contributed by atoms with van der Waals surface area (Å²) in [6, 6.07) is 16.3. The van der Waals surface area contributed by atoms with Gasteiger partial charge in [0.25, 0.3) is 0 Å². The number of hydrogen-bond donors (Lipinski definition) is 0. The number of benzene rings is 2. The molecule has 0 saturated heterocycles. The van der Waals surface area contributed by atoms with Gasteiger partial charge in [-0.25, -0.2) is 0 Å². The second-order valence-corrected chi connectivity index (χ2v) is 4.90. The summed E-state index contributed by atoms with van der Waals surface area (Å²) < 4.78 is 10.9. The molecule has 0 N–H and O–H groups in total. The predicted molar refractivity (Wildman–Crippen MR) is 78.0 cm³/mol. The van der Waals surface area contributed by atoms with Crippen molar-refractivity contribution in [2.24, 2.45) is 0 Å². The Balaban J connectivity index is 2.05. The molecule has 3 nitrogen and oxygen atoms in total. The van der Waals surface area contributed by atoms with Gasteiger partial charge in [0.05, 0.1) is 5.69 Å². The molecule has 1 aliphatic rings. The first-order chi connectivity index (χ1) is 9.81. The fourth-order valence-electron chi connectivity index (χ4n) is 2.59. The Morgan fingerprint density at radius 3 is 2.50 bits per heavy atom. The van der Waals surface area contributed by atoms with Crippen LogP contribution in [0.5, 0.6) is 11.5 Å². The molecular formula is C17H13NO2. The highest BCUT2D eigenvalue weighted by atomic mass is 16.7. The minimum Gasteiger partial charge on any atom is -0.454 e. The Morgan fingerprint density at radius 2 is 1.70 bits per heavy atom. The average molecular weight is 263 g/mol. The van der Waals surface area contributed by atoms with Crippen LogP contribution in [-0.2, 0) is 0 Å². The summed E-state index contributed by atoms with van der Waals surface area (Å²) in [6.07, 6.45) is 0. The van der Waals surface area contributed by atoms with Crippen LogP contribution >= 0.6 is 0 Å². The lowest BCUT2D eigenvalue weighted by atomic mass is 10.0. The molecule has 3 aromatic rings. The van der Waals surface area contributed by atoms with Crippen molar-refractivity contribution in [2.75, 3.05) is 6.79 Å². The number of aryl methyl sites for hydroxylation is 1. The number of nitrogens with zero attached hydrogens (tertiary/aromatic N) is 1. The zero-order chi connectivity index (χ0) is 13.5. The Bertz CT molecular complexity index is 797. The maximum absolute atomic E-state index is 5.48. The van der Waals surface area contributed by atoms with Gasteiger partial charge in [0, 0.05) is 16.6 Å². The molecule has 2 aromatic carbocycles. The lowest BCUT2D eigenvalue weighted by molar-refractivity contribution is 0.174. The SMILES string of the molecule is Cc1cc2cc3c(cc2c(-c2ccccc2)n1)OCO3. The largest absolute Gasteiger partial charge is 0.454 e. The fraction of sp³-hybridized carbons (Fsp3) is 0.118. The summed E-state index contributed by atoms with van der Waals surface area (Å²) >= 11 is 0. The number of aromatic nitrogens is 1. The summed E-state index contributed by atoms with van der Waals surface area (Å²) in [5, 5.41) is 2.21. The maximum atomic E-state index is 5.48. The lowest BCUT2D eigenvalue weighted by Crippen LogP contribution is -1.92. The third kappa shape index (κ3) is 1.71. The van der Waals surface area contributed by atoms with Crippen LogP contribution in [-0.4, -0.2) is 11.8 Å². The number of rotatable bonds is 1. The smallest absolute Gasteiger partial charge is 0.231 e. The molecule has 0 unspecified atom stereocenters. The molecule has 4 rings (SSSR count). The van der Waals surface area contributed by atoms with Gasteiger partial charge in [-0.1, -0.05) is 30.3 Å². The Morgan fingerprint density at radius 1 is 0.950 bits per heavy atom. The molecule has 0 fully saturated rings. The minimum absolute atomic E-state index is 0.290. The first-order valence-corrected chi connectivity index (χ1v) is 6.58. The van der Waals surface area contributed by atoms with Crippen molar-refractivity contribution >= 4 is 10.8 Å². The van der Waals surface area contributed by atoms with E-state index in [1.165, 1.54) is 0 Å². The number of ether oxygens (including phenoxy) is 2. The topological polar surface area (TPSA) is 31.4 Å². The zero-order valence-electron chi connectivity index (χ0n) is 11.1. The Labute approximate surface area is 116 Å². The number of hydrogen-bond acceptors (Lipinski definition) is 3. The van der Waals surface area contributed by atoms with E-state index in [1.54, 1.807) is 0 Å². The van der Waals surface area contributed by atoms with E-state index in [9.17, 15) is 0 Å². The average Bonchev–Trinajstić information content (AvgIpc) is 2.92. The molecule has 2 heterocycles. The normalized spacial score (nSPS) is 12.8. The minimum atomic E-state index is 0.290. The van der Waals surface area contributed by atoms with E-state index < -0.39 is 0 Å². The van der Waals surface area contributed by atoms with Gasteiger partial charge >= 0.3 is 0 Å². The van der Waals surface area contributed by atoms with Gasteiger partial charge in [-0.3, -0.25) is 4.98 Å². The highest BCUT2D eigenvalue weighted by Gasteiger charge is 2.16.